The predicted octanol–water partition coefficient (Wildman–Crippen LogP) is 0.195. The molecule has 2 rings (SSSR count). The van der Waals surface area contributed by atoms with Crippen molar-refractivity contribution >= 4 is 0 Å². The minimum atomic E-state index is -0.141. The first kappa shape index (κ1) is 9.44. The van der Waals surface area contributed by atoms with E-state index in [0.29, 0.717) is 6.04 Å². The topological polar surface area (TPSA) is 35.5 Å². The van der Waals surface area contributed by atoms with Crippen LogP contribution in [-0.2, 0) is 0 Å². The lowest BCUT2D eigenvalue weighted by Gasteiger charge is -2.28. The van der Waals surface area contributed by atoms with Crippen LogP contribution in [0, 0.1) is 0 Å². The molecule has 0 spiro atoms. The van der Waals surface area contributed by atoms with Crippen LogP contribution in [0.2, 0.25) is 0 Å². The van der Waals surface area contributed by atoms with Crippen molar-refractivity contribution in [2.45, 2.75) is 37.8 Å². The van der Waals surface area contributed by atoms with E-state index >= 15 is 0 Å². The normalized spacial score (nSPS) is 37.6. The van der Waals surface area contributed by atoms with E-state index in [-0.39, 0.29) is 6.10 Å². The van der Waals surface area contributed by atoms with Gasteiger partial charge in [0.25, 0.3) is 0 Å². The molecule has 2 aliphatic rings. The molecule has 0 saturated carbocycles. The minimum absolute atomic E-state index is 0.141. The lowest BCUT2D eigenvalue weighted by Crippen LogP contribution is -2.43. The van der Waals surface area contributed by atoms with E-state index < -0.39 is 0 Å². The molecule has 0 aromatic heterocycles. The second-order valence-corrected chi connectivity index (χ2v) is 4.24. The van der Waals surface area contributed by atoms with Gasteiger partial charge in [0, 0.05) is 19.1 Å². The Labute approximate surface area is 80.1 Å². The van der Waals surface area contributed by atoms with Crippen molar-refractivity contribution in [3.63, 3.8) is 0 Å². The summed E-state index contributed by atoms with van der Waals surface area (Å²) in [4.78, 5) is 2.47. The molecular weight excluding hydrogens is 164 g/mol. The van der Waals surface area contributed by atoms with Crippen molar-refractivity contribution < 1.29 is 5.11 Å². The summed E-state index contributed by atoms with van der Waals surface area (Å²) in [6.45, 7) is 4.12. The summed E-state index contributed by atoms with van der Waals surface area (Å²) >= 11 is 0. The number of aliphatic hydroxyl groups excluding tert-OH is 1. The van der Waals surface area contributed by atoms with Crippen molar-refractivity contribution in [2.24, 2.45) is 0 Å². The summed E-state index contributed by atoms with van der Waals surface area (Å²) in [5.74, 6) is 0. The highest BCUT2D eigenvalue weighted by atomic mass is 16.3. The van der Waals surface area contributed by atoms with Crippen LogP contribution in [-0.4, -0.2) is 48.3 Å². The van der Waals surface area contributed by atoms with Crippen LogP contribution < -0.4 is 5.32 Å². The van der Waals surface area contributed by atoms with Gasteiger partial charge in [0.2, 0.25) is 0 Å². The third-order valence-electron chi connectivity index (χ3n) is 3.26. The van der Waals surface area contributed by atoms with Crippen molar-refractivity contribution in [3.05, 3.63) is 0 Å². The van der Waals surface area contributed by atoms with Gasteiger partial charge in [-0.3, -0.25) is 4.90 Å². The maximum absolute atomic E-state index is 9.73. The van der Waals surface area contributed by atoms with E-state index in [1.54, 1.807) is 0 Å². The molecule has 0 aromatic carbocycles. The SMILES string of the molecule is O[C@H]1CNC[C@H]1N1CCCCCC1. The fourth-order valence-corrected chi connectivity index (χ4v) is 2.45. The van der Waals surface area contributed by atoms with Gasteiger partial charge >= 0.3 is 0 Å². The van der Waals surface area contributed by atoms with Crippen molar-refractivity contribution in [1.82, 2.24) is 10.2 Å². The largest absolute Gasteiger partial charge is 0.390 e. The van der Waals surface area contributed by atoms with Gasteiger partial charge in [-0.05, 0) is 25.9 Å². The molecule has 2 saturated heterocycles. The number of hydrogen-bond acceptors (Lipinski definition) is 3. The van der Waals surface area contributed by atoms with E-state index in [4.69, 9.17) is 0 Å². The molecule has 76 valence electrons. The zero-order valence-electron chi connectivity index (χ0n) is 8.21. The van der Waals surface area contributed by atoms with E-state index in [9.17, 15) is 5.11 Å². The van der Waals surface area contributed by atoms with E-state index in [2.05, 4.69) is 10.2 Å². The average Bonchev–Trinajstić information content (AvgIpc) is 2.43. The summed E-state index contributed by atoms with van der Waals surface area (Å²) < 4.78 is 0. The van der Waals surface area contributed by atoms with Crippen LogP contribution in [0.25, 0.3) is 0 Å². The highest BCUT2D eigenvalue weighted by Gasteiger charge is 2.30. The van der Waals surface area contributed by atoms with Gasteiger partial charge in [-0.1, -0.05) is 12.8 Å². The molecule has 0 bridgehead atoms. The molecule has 0 unspecified atom stereocenters. The standard InChI is InChI=1S/C10H20N2O/c13-10-8-11-7-9(10)12-5-3-1-2-4-6-12/h9-11,13H,1-8H2/t9-,10+/m1/s1. The maximum atomic E-state index is 9.73. The average molecular weight is 184 g/mol. The Bertz CT molecular complexity index is 155. The maximum Gasteiger partial charge on any atom is 0.0831 e. The Morgan fingerprint density at radius 1 is 1.00 bits per heavy atom. The first-order chi connectivity index (χ1) is 6.38. The summed E-state index contributed by atoms with van der Waals surface area (Å²) in [5.41, 5.74) is 0. The predicted molar refractivity (Wildman–Crippen MR) is 52.7 cm³/mol. The molecule has 2 heterocycles. The Hall–Kier alpha value is -0.120. The first-order valence-electron chi connectivity index (χ1n) is 5.51. The van der Waals surface area contributed by atoms with E-state index in [0.717, 1.165) is 13.1 Å². The van der Waals surface area contributed by atoms with Crippen molar-refractivity contribution in [2.75, 3.05) is 26.2 Å². The third-order valence-corrected chi connectivity index (χ3v) is 3.26. The number of nitrogens with zero attached hydrogens (tertiary/aromatic N) is 1. The smallest absolute Gasteiger partial charge is 0.0831 e. The fraction of sp³-hybridized carbons (Fsp3) is 1.00. The molecular formula is C10H20N2O. The molecule has 0 radical (unpaired) electrons. The first-order valence-corrected chi connectivity index (χ1v) is 5.51. The molecule has 0 aromatic rings. The zero-order valence-corrected chi connectivity index (χ0v) is 8.21. The highest BCUT2D eigenvalue weighted by Crippen LogP contribution is 2.16. The Morgan fingerprint density at radius 3 is 2.23 bits per heavy atom. The van der Waals surface area contributed by atoms with Crippen LogP contribution in [0.1, 0.15) is 25.7 Å². The minimum Gasteiger partial charge on any atom is -0.390 e. The van der Waals surface area contributed by atoms with Gasteiger partial charge < -0.3 is 10.4 Å². The number of likely N-dealkylation sites (tertiary alicyclic amines) is 1. The van der Waals surface area contributed by atoms with Crippen LogP contribution in [0.4, 0.5) is 0 Å². The van der Waals surface area contributed by atoms with E-state index in [1.165, 1.54) is 38.8 Å². The lowest BCUT2D eigenvalue weighted by atomic mass is 10.2. The lowest BCUT2D eigenvalue weighted by molar-refractivity contribution is 0.0853. The van der Waals surface area contributed by atoms with Crippen LogP contribution in [0.5, 0.6) is 0 Å². The van der Waals surface area contributed by atoms with Gasteiger partial charge in [-0.2, -0.15) is 0 Å². The number of hydrogen-bond donors (Lipinski definition) is 2. The summed E-state index contributed by atoms with van der Waals surface area (Å²) in [7, 11) is 0. The number of nitrogens with one attached hydrogen (secondary N) is 1. The molecule has 2 fully saturated rings. The molecule has 2 atom stereocenters. The van der Waals surface area contributed by atoms with Crippen LogP contribution in [0.3, 0.4) is 0 Å². The quantitative estimate of drug-likeness (QED) is 0.611. The van der Waals surface area contributed by atoms with Gasteiger partial charge in [0.15, 0.2) is 0 Å². The fourth-order valence-electron chi connectivity index (χ4n) is 2.45. The number of rotatable bonds is 1. The summed E-state index contributed by atoms with van der Waals surface area (Å²) in [6.07, 6.45) is 5.21. The molecule has 2 aliphatic heterocycles. The van der Waals surface area contributed by atoms with Crippen molar-refractivity contribution in [1.29, 1.82) is 0 Å². The highest BCUT2D eigenvalue weighted by molar-refractivity contribution is 4.88. The molecule has 3 nitrogen and oxygen atoms in total. The molecule has 2 N–H and O–H groups in total. The third kappa shape index (κ3) is 2.22. The monoisotopic (exact) mass is 184 g/mol. The van der Waals surface area contributed by atoms with Crippen molar-refractivity contribution in [3.8, 4) is 0 Å². The van der Waals surface area contributed by atoms with Gasteiger partial charge in [-0.25, -0.2) is 0 Å². The molecule has 0 aliphatic carbocycles. The molecule has 3 heteroatoms. The van der Waals surface area contributed by atoms with Gasteiger partial charge in [0.1, 0.15) is 0 Å². The Balaban J connectivity index is 1.89. The summed E-state index contributed by atoms with van der Waals surface area (Å²) in [5, 5.41) is 13.0. The van der Waals surface area contributed by atoms with Gasteiger partial charge in [0.05, 0.1) is 6.10 Å². The zero-order chi connectivity index (χ0) is 9.10. The Morgan fingerprint density at radius 2 is 1.69 bits per heavy atom. The second-order valence-electron chi connectivity index (χ2n) is 4.24. The Kier molecular flexibility index (Phi) is 3.19. The molecule has 13 heavy (non-hydrogen) atoms. The number of β-amino-alcohol motifs (C(OH)–C–C–N with tert-alkyl or cyclic N) is 1. The summed E-state index contributed by atoms with van der Waals surface area (Å²) in [6, 6.07) is 0.387. The number of aliphatic hydroxyl groups is 1. The van der Waals surface area contributed by atoms with Gasteiger partial charge in [-0.15, -0.1) is 0 Å². The van der Waals surface area contributed by atoms with Crippen LogP contribution in [0.15, 0.2) is 0 Å². The molecule has 0 amide bonds. The van der Waals surface area contributed by atoms with Crippen LogP contribution >= 0.6 is 0 Å². The van der Waals surface area contributed by atoms with E-state index in [1.807, 2.05) is 0 Å². The second kappa shape index (κ2) is 4.40.